The maximum Gasteiger partial charge on any atom is 0.258 e. The number of nitrogens with zero attached hydrogens (tertiary/aromatic N) is 1. The van der Waals surface area contributed by atoms with E-state index in [0.717, 1.165) is 30.9 Å². The molecule has 0 saturated heterocycles. The second-order valence-corrected chi connectivity index (χ2v) is 8.53. The fourth-order valence-corrected chi connectivity index (χ4v) is 2.38. The third-order valence-electron chi connectivity index (χ3n) is 4.13. The molecule has 1 aromatic carbocycles. The number of guanidine groups is 1. The Labute approximate surface area is 183 Å². The zero-order valence-corrected chi connectivity index (χ0v) is 19.6. The number of amides is 1. The van der Waals surface area contributed by atoms with E-state index in [0.29, 0.717) is 18.3 Å². The van der Waals surface area contributed by atoms with Gasteiger partial charge in [0.05, 0.1) is 0 Å². The molecule has 2 rings (SSSR count). The summed E-state index contributed by atoms with van der Waals surface area (Å²) in [4.78, 5) is 16.0. The summed E-state index contributed by atoms with van der Waals surface area (Å²) in [7, 11) is 1.76. The number of benzene rings is 1. The van der Waals surface area contributed by atoms with E-state index in [1.807, 2.05) is 36.0 Å². The quantitative estimate of drug-likeness (QED) is 0.273. The van der Waals surface area contributed by atoms with E-state index in [9.17, 15) is 4.79 Å². The van der Waals surface area contributed by atoms with Crippen LogP contribution in [0.15, 0.2) is 29.3 Å². The first-order chi connectivity index (χ1) is 12.4. The SMILES string of the molecule is CN=C(NCc1cccc(OCC(=O)NC2CC2)c1)NCC(C)(C)SC.I. The second-order valence-electron chi connectivity index (χ2n) is 7.02. The van der Waals surface area contributed by atoms with Gasteiger partial charge in [-0.25, -0.2) is 0 Å². The lowest BCUT2D eigenvalue weighted by Crippen LogP contribution is -2.42. The van der Waals surface area contributed by atoms with Crippen LogP contribution in [0.25, 0.3) is 0 Å². The van der Waals surface area contributed by atoms with Crippen LogP contribution in [0, 0.1) is 0 Å². The third-order valence-corrected chi connectivity index (χ3v) is 5.38. The van der Waals surface area contributed by atoms with Gasteiger partial charge in [-0.3, -0.25) is 9.79 Å². The van der Waals surface area contributed by atoms with Gasteiger partial charge in [0, 0.05) is 30.9 Å². The van der Waals surface area contributed by atoms with Crippen molar-refractivity contribution in [2.75, 3.05) is 26.5 Å². The molecule has 1 aliphatic carbocycles. The van der Waals surface area contributed by atoms with Crippen LogP contribution in [-0.4, -0.2) is 49.1 Å². The van der Waals surface area contributed by atoms with Gasteiger partial charge in [-0.1, -0.05) is 12.1 Å². The fourth-order valence-electron chi connectivity index (χ4n) is 2.17. The molecule has 1 aromatic rings. The van der Waals surface area contributed by atoms with Gasteiger partial charge in [-0.05, 0) is 50.6 Å². The van der Waals surface area contributed by atoms with Crippen molar-refractivity contribution in [2.45, 2.75) is 44.0 Å². The first kappa shape index (κ1) is 23.9. The maximum absolute atomic E-state index is 11.7. The summed E-state index contributed by atoms with van der Waals surface area (Å²) in [6, 6.07) is 8.11. The van der Waals surface area contributed by atoms with Crippen molar-refractivity contribution in [1.29, 1.82) is 0 Å². The lowest BCUT2D eigenvalue weighted by atomic mass is 10.2. The minimum atomic E-state index is -0.0583. The number of carbonyl (C=O) groups excluding carboxylic acids is 1. The summed E-state index contributed by atoms with van der Waals surface area (Å²) in [6.07, 6.45) is 4.26. The summed E-state index contributed by atoms with van der Waals surface area (Å²) in [6.45, 7) is 5.90. The van der Waals surface area contributed by atoms with Gasteiger partial charge in [0.25, 0.3) is 5.91 Å². The standard InChI is InChI=1S/C19H30N4O2S.HI/c1-19(2,26-4)13-22-18(20-3)21-11-14-6-5-7-16(10-14)25-12-17(24)23-15-8-9-15;/h5-7,10,15H,8-9,11-13H2,1-4H3,(H,23,24)(H2,20,21,22);1H. The molecule has 8 heteroatoms. The third kappa shape index (κ3) is 9.55. The lowest BCUT2D eigenvalue weighted by molar-refractivity contribution is -0.123. The number of thioether (sulfide) groups is 1. The molecule has 152 valence electrons. The lowest BCUT2D eigenvalue weighted by Gasteiger charge is -2.23. The Morgan fingerprint density at radius 1 is 1.33 bits per heavy atom. The van der Waals surface area contributed by atoms with E-state index in [2.05, 4.69) is 41.0 Å². The molecule has 3 N–H and O–H groups in total. The minimum Gasteiger partial charge on any atom is -0.484 e. The summed E-state index contributed by atoms with van der Waals surface area (Å²) in [5.74, 6) is 1.40. The molecule has 27 heavy (non-hydrogen) atoms. The molecule has 1 saturated carbocycles. The first-order valence-corrected chi connectivity index (χ1v) is 10.1. The van der Waals surface area contributed by atoms with Crippen LogP contribution < -0.4 is 20.7 Å². The van der Waals surface area contributed by atoms with Gasteiger partial charge < -0.3 is 20.7 Å². The molecule has 1 fully saturated rings. The summed E-state index contributed by atoms with van der Waals surface area (Å²) < 4.78 is 5.73. The highest BCUT2D eigenvalue weighted by molar-refractivity contribution is 14.0. The monoisotopic (exact) mass is 506 g/mol. The zero-order valence-electron chi connectivity index (χ0n) is 16.5. The Hall–Kier alpha value is -1.16. The number of hydrogen-bond acceptors (Lipinski definition) is 4. The van der Waals surface area contributed by atoms with Crippen molar-refractivity contribution < 1.29 is 9.53 Å². The molecule has 6 nitrogen and oxygen atoms in total. The van der Waals surface area contributed by atoms with Crippen molar-refractivity contribution in [1.82, 2.24) is 16.0 Å². The Morgan fingerprint density at radius 3 is 2.70 bits per heavy atom. The molecule has 1 aliphatic rings. The summed E-state index contributed by atoms with van der Waals surface area (Å²) in [5, 5.41) is 9.56. The number of aliphatic imine (C=N–C) groups is 1. The van der Waals surface area contributed by atoms with E-state index < -0.39 is 0 Å². The van der Waals surface area contributed by atoms with Crippen LogP contribution in [0.1, 0.15) is 32.3 Å². The number of nitrogens with one attached hydrogen (secondary N) is 3. The van der Waals surface area contributed by atoms with E-state index in [-0.39, 0.29) is 41.2 Å². The van der Waals surface area contributed by atoms with E-state index in [4.69, 9.17) is 4.74 Å². The highest BCUT2D eigenvalue weighted by Crippen LogP contribution is 2.20. The van der Waals surface area contributed by atoms with Crippen molar-refractivity contribution in [3.8, 4) is 5.75 Å². The van der Waals surface area contributed by atoms with Gasteiger partial charge in [0.1, 0.15) is 5.75 Å². The molecular weight excluding hydrogens is 475 g/mol. The van der Waals surface area contributed by atoms with Crippen LogP contribution in [0.2, 0.25) is 0 Å². The number of halogens is 1. The average Bonchev–Trinajstić information content (AvgIpc) is 3.44. The molecule has 0 heterocycles. The van der Waals surface area contributed by atoms with Gasteiger partial charge in [-0.15, -0.1) is 24.0 Å². The van der Waals surface area contributed by atoms with Crippen LogP contribution in [0.3, 0.4) is 0 Å². The van der Waals surface area contributed by atoms with E-state index in [1.165, 1.54) is 0 Å². The van der Waals surface area contributed by atoms with Crippen molar-refractivity contribution in [3.05, 3.63) is 29.8 Å². The highest BCUT2D eigenvalue weighted by atomic mass is 127. The van der Waals surface area contributed by atoms with Gasteiger partial charge in [0.2, 0.25) is 0 Å². The number of hydrogen-bond donors (Lipinski definition) is 3. The second kappa shape index (κ2) is 11.6. The van der Waals surface area contributed by atoms with Crippen LogP contribution in [0.5, 0.6) is 5.75 Å². The smallest absolute Gasteiger partial charge is 0.258 e. The van der Waals surface area contributed by atoms with Gasteiger partial charge in [0.15, 0.2) is 12.6 Å². The fraction of sp³-hybridized carbons (Fsp3) is 0.579. The summed E-state index contributed by atoms with van der Waals surface area (Å²) in [5.41, 5.74) is 1.07. The predicted molar refractivity (Wildman–Crippen MR) is 124 cm³/mol. The average molecular weight is 506 g/mol. The van der Waals surface area contributed by atoms with Crippen molar-refractivity contribution in [2.24, 2.45) is 4.99 Å². The molecule has 1 amide bonds. The molecule has 0 aliphatic heterocycles. The number of carbonyl (C=O) groups is 1. The Morgan fingerprint density at radius 2 is 2.07 bits per heavy atom. The van der Waals surface area contributed by atoms with Crippen LogP contribution in [0.4, 0.5) is 0 Å². The number of rotatable bonds is 9. The zero-order chi connectivity index (χ0) is 19.0. The first-order valence-electron chi connectivity index (χ1n) is 8.92. The maximum atomic E-state index is 11.7. The largest absolute Gasteiger partial charge is 0.484 e. The molecule has 0 atom stereocenters. The molecule has 0 bridgehead atoms. The molecule has 0 spiro atoms. The summed E-state index contributed by atoms with van der Waals surface area (Å²) >= 11 is 1.82. The molecule has 0 unspecified atom stereocenters. The predicted octanol–water partition coefficient (Wildman–Crippen LogP) is 2.77. The number of ether oxygens (including phenoxy) is 1. The highest BCUT2D eigenvalue weighted by Gasteiger charge is 2.23. The Kier molecular flexibility index (Phi) is 10.3. The van der Waals surface area contributed by atoms with Gasteiger partial charge >= 0.3 is 0 Å². The van der Waals surface area contributed by atoms with E-state index >= 15 is 0 Å². The Bertz CT molecular complexity index is 636. The molecule has 0 radical (unpaired) electrons. The topological polar surface area (TPSA) is 74.8 Å². The van der Waals surface area contributed by atoms with E-state index in [1.54, 1.807) is 7.05 Å². The van der Waals surface area contributed by atoms with Gasteiger partial charge in [-0.2, -0.15) is 11.8 Å². The molecular formula is C19H31IN4O2S. The molecule has 0 aromatic heterocycles. The van der Waals surface area contributed by atoms with Crippen LogP contribution >= 0.6 is 35.7 Å². The van der Waals surface area contributed by atoms with Crippen molar-refractivity contribution in [3.63, 3.8) is 0 Å². The Balaban J connectivity index is 0.00000364. The normalized spacial score (nSPS) is 14.1. The van der Waals surface area contributed by atoms with Crippen LogP contribution in [-0.2, 0) is 11.3 Å². The minimum absolute atomic E-state index is 0. The van der Waals surface area contributed by atoms with Crippen molar-refractivity contribution >= 4 is 47.6 Å².